The van der Waals surface area contributed by atoms with Gasteiger partial charge >= 0.3 is 0 Å². The molecule has 54 heavy (non-hydrogen) atoms. The second kappa shape index (κ2) is 14.0. The van der Waals surface area contributed by atoms with E-state index in [1.807, 2.05) is 11.3 Å². The predicted molar refractivity (Wildman–Crippen MR) is 234 cm³/mol. The van der Waals surface area contributed by atoms with Crippen molar-refractivity contribution in [3.63, 3.8) is 0 Å². The summed E-state index contributed by atoms with van der Waals surface area (Å²) in [4.78, 5) is 2.39. The van der Waals surface area contributed by atoms with Crippen LogP contribution in [-0.4, -0.2) is 0 Å². The predicted octanol–water partition coefficient (Wildman–Crippen LogP) is 15.0. The molecule has 0 amide bonds. The van der Waals surface area contributed by atoms with Crippen molar-refractivity contribution in [2.45, 2.75) is 25.7 Å². The monoisotopic (exact) mass is 711 g/mol. The van der Waals surface area contributed by atoms with Crippen molar-refractivity contribution in [1.29, 1.82) is 0 Å². The number of hydrogen-bond acceptors (Lipinski definition) is 2. The summed E-state index contributed by atoms with van der Waals surface area (Å²) in [5, 5.41) is 2.64. The molecule has 1 aromatic heterocycles. The number of hydrogen-bond donors (Lipinski definition) is 0. The number of fused-ring (bicyclic) bond motifs is 4. The Kier molecular flexibility index (Phi) is 8.69. The van der Waals surface area contributed by atoms with Gasteiger partial charge in [0.1, 0.15) is 0 Å². The van der Waals surface area contributed by atoms with Crippen LogP contribution in [0.5, 0.6) is 0 Å². The van der Waals surface area contributed by atoms with Gasteiger partial charge in [0.15, 0.2) is 0 Å². The standard InChI is InChI=1S/C52H41NS/c1-36-12-6-4-9-15-42-26-32-46(35-49(42)52(36,2)3)53(44-28-22-40(23-29-44)39-20-18-38(19-21-39)37-13-7-5-8-14-37)45-30-24-41(25-31-45)43-27-33-51-48(34-43)47-16-10-11-17-50(47)54-51/h4-14,16-35H,1,15H2,2-3H3/b9-4-,12-6-. The van der Waals surface area contributed by atoms with E-state index in [4.69, 9.17) is 0 Å². The molecule has 0 N–H and O–H groups in total. The van der Waals surface area contributed by atoms with Crippen molar-refractivity contribution in [2.75, 3.05) is 4.90 Å². The Labute approximate surface area is 322 Å². The summed E-state index contributed by atoms with van der Waals surface area (Å²) in [6.45, 7) is 9.08. The van der Waals surface area contributed by atoms with Gasteiger partial charge in [0.05, 0.1) is 0 Å². The highest BCUT2D eigenvalue weighted by Gasteiger charge is 2.27. The lowest BCUT2D eigenvalue weighted by molar-refractivity contribution is 0.635. The Morgan fingerprint density at radius 3 is 1.72 bits per heavy atom. The molecule has 0 saturated carbocycles. The third kappa shape index (κ3) is 6.29. The van der Waals surface area contributed by atoms with Crippen LogP contribution in [0.15, 0.2) is 200 Å². The molecule has 8 aromatic rings. The fraction of sp³-hybridized carbons (Fsp3) is 0.0769. The van der Waals surface area contributed by atoms with E-state index in [0.717, 1.165) is 29.1 Å². The molecule has 7 aromatic carbocycles. The molecular weight excluding hydrogens is 671 g/mol. The van der Waals surface area contributed by atoms with Crippen LogP contribution in [0.1, 0.15) is 25.0 Å². The molecule has 1 aliphatic carbocycles. The maximum Gasteiger partial charge on any atom is 0.0464 e. The Morgan fingerprint density at radius 2 is 1.04 bits per heavy atom. The van der Waals surface area contributed by atoms with E-state index in [1.165, 1.54) is 64.7 Å². The summed E-state index contributed by atoms with van der Waals surface area (Å²) in [6, 6.07) is 60.0. The van der Waals surface area contributed by atoms with Gasteiger partial charge < -0.3 is 4.90 Å². The van der Waals surface area contributed by atoms with Gasteiger partial charge in [-0.1, -0.05) is 154 Å². The fourth-order valence-corrected chi connectivity index (χ4v) is 8.82. The second-order valence-corrected chi connectivity index (χ2v) is 15.7. The largest absolute Gasteiger partial charge is 0.310 e. The summed E-state index contributed by atoms with van der Waals surface area (Å²) < 4.78 is 2.65. The van der Waals surface area contributed by atoms with Crippen LogP contribution in [0.2, 0.25) is 0 Å². The highest BCUT2D eigenvalue weighted by atomic mass is 32.1. The molecule has 0 spiro atoms. The quantitative estimate of drug-likeness (QED) is 0.166. The van der Waals surface area contributed by atoms with Gasteiger partial charge in [-0.2, -0.15) is 0 Å². The Morgan fingerprint density at radius 1 is 0.500 bits per heavy atom. The van der Waals surface area contributed by atoms with Gasteiger partial charge in [0.2, 0.25) is 0 Å². The minimum absolute atomic E-state index is 0.233. The van der Waals surface area contributed by atoms with Crippen LogP contribution in [0.4, 0.5) is 17.1 Å². The van der Waals surface area contributed by atoms with Gasteiger partial charge in [-0.15, -0.1) is 11.3 Å². The molecule has 0 aliphatic heterocycles. The van der Waals surface area contributed by atoms with Crippen LogP contribution in [0, 0.1) is 0 Å². The maximum absolute atomic E-state index is 4.50. The van der Waals surface area contributed by atoms with Crippen LogP contribution < -0.4 is 4.90 Å². The van der Waals surface area contributed by atoms with E-state index >= 15 is 0 Å². The third-order valence-corrected chi connectivity index (χ3v) is 12.1. The first-order valence-corrected chi connectivity index (χ1v) is 19.5. The summed E-state index contributed by atoms with van der Waals surface area (Å²) in [5.41, 5.74) is 14.1. The number of benzene rings is 7. The van der Waals surface area contributed by atoms with Crippen LogP contribution in [-0.2, 0) is 11.8 Å². The molecule has 0 fully saturated rings. The maximum atomic E-state index is 4.50. The lowest BCUT2D eigenvalue weighted by Gasteiger charge is -2.32. The molecule has 1 heterocycles. The lowest BCUT2D eigenvalue weighted by atomic mass is 9.75. The SMILES string of the molecule is C=C1/C=C\C=C/Cc2ccc(N(c3ccc(-c4ccc(-c5ccccc5)cc4)cc3)c3ccc(-c4ccc5sc6ccccc6c5c4)cc3)cc2C1(C)C. The number of allylic oxidation sites excluding steroid dienone is 5. The van der Waals surface area contributed by atoms with Crippen LogP contribution in [0.3, 0.4) is 0 Å². The zero-order chi connectivity index (χ0) is 36.6. The molecule has 0 radical (unpaired) electrons. The average molecular weight is 712 g/mol. The fourth-order valence-electron chi connectivity index (χ4n) is 7.73. The first-order chi connectivity index (χ1) is 26.4. The van der Waals surface area contributed by atoms with Crippen molar-refractivity contribution in [1.82, 2.24) is 0 Å². The zero-order valence-electron chi connectivity index (χ0n) is 30.7. The molecular formula is C52H41NS. The van der Waals surface area contributed by atoms with Gasteiger partial charge in [0.25, 0.3) is 0 Å². The smallest absolute Gasteiger partial charge is 0.0464 e. The van der Waals surface area contributed by atoms with E-state index in [9.17, 15) is 0 Å². The van der Waals surface area contributed by atoms with Gasteiger partial charge in [0, 0.05) is 42.6 Å². The van der Waals surface area contributed by atoms with E-state index in [-0.39, 0.29) is 5.41 Å². The van der Waals surface area contributed by atoms with E-state index in [2.05, 4.69) is 213 Å². The number of anilines is 3. The van der Waals surface area contributed by atoms with Crippen LogP contribution >= 0.6 is 11.3 Å². The van der Waals surface area contributed by atoms with Gasteiger partial charge in [-0.05, 0) is 111 Å². The number of nitrogens with zero attached hydrogens (tertiary/aromatic N) is 1. The minimum Gasteiger partial charge on any atom is -0.310 e. The number of thiophene rings is 1. The van der Waals surface area contributed by atoms with Crippen molar-refractivity contribution < 1.29 is 0 Å². The van der Waals surface area contributed by atoms with Gasteiger partial charge in [-0.25, -0.2) is 0 Å². The third-order valence-electron chi connectivity index (χ3n) is 11.0. The van der Waals surface area contributed by atoms with Crippen LogP contribution in [0.25, 0.3) is 53.6 Å². The van der Waals surface area contributed by atoms with Crippen molar-refractivity contribution in [3.05, 3.63) is 211 Å². The zero-order valence-corrected chi connectivity index (χ0v) is 31.5. The first kappa shape index (κ1) is 33.6. The molecule has 1 aliphatic rings. The van der Waals surface area contributed by atoms with E-state index in [0.29, 0.717) is 0 Å². The van der Waals surface area contributed by atoms with E-state index in [1.54, 1.807) is 0 Å². The number of rotatable bonds is 6. The molecule has 0 bridgehead atoms. The van der Waals surface area contributed by atoms with Crippen molar-refractivity contribution in [2.24, 2.45) is 0 Å². The molecule has 260 valence electrons. The van der Waals surface area contributed by atoms with Crippen molar-refractivity contribution in [3.8, 4) is 33.4 Å². The minimum atomic E-state index is -0.233. The average Bonchev–Trinajstić information content (AvgIpc) is 3.61. The molecule has 0 saturated heterocycles. The second-order valence-electron chi connectivity index (χ2n) is 14.7. The topological polar surface area (TPSA) is 3.24 Å². The summed E-state index contributed by atoms with van der Waals surface area (Å²) in [5.74, 6) is 0. The highest BCUT2D eigenvalue weighted by molar-refractivity contribution is 7.25. The van der Waals surface area contributed by atoms with Crippen molar-refractivity contribution >= 4 is 48.6 Å². The normalized spacial score (nSPS) is 14.9. The van der Waals surface area contributed by atoms with E-state index < -0.39 is 0 Å². The molecule has 9 rings (SSSR count). The molecule has 0 atom stereocenters. The Hall–Kier alpha value is -6.22. The summed E-state index contributed by atoms with van der Waals surface area (Å²) in [6.07, 6.45) is 9.51. The molecule has 1 nitrogen and oxygen atoms in total. The molecule has 2 heteroatoms. The van der Waals surface area contributed by atoms with Gasteiger partial charge in [-0.3, -0.25) is 0 Å². The molecule has 0 unspecified atom stereocenters. The highest BCUT2D eigenvalue weighted by Crippen LogP contribution is 2.42. The first-order valence-electron chi connectivity index (χ1n) is 18.7. The Balaban J connectivity index is 1.11. The summed E-state index contributed by atoms with van der Waals surface area (Å²) in [7, 11) is 0. The lowest BCUT2D eigenvalue weighted by Crippen LogP contribution is -2.21. The summed E-state index contributed by atoms with van der Waals surface area (Å²) >= 11 is 1.86. The Bertz CT molecular complexity index is 2690.